The van der Waals surface area contributed by atoms with Crippen LogP contribution in [-0.4, -0.2) is 17.8 Å². The highest BCUT2D eigenvalue weighted by Crippen LogP contribution is 2.28. The van der Waals surface area contributed by atoms with Gasteiger partial charge in [0.15, 0.2) is 0 Å². The zero-order valence-electron chi connectivity index (χ0n) is 9.95. The summed E-state index contributed by atoms with van der Waals surface area (Å²) in [5.41, 5.74) is 2.28. The first-order valence-electron chi connectivity index (χ1n) is 5.42. The molecule has 0 aliphatic heterocycles. The van der Waals surface area contributed by atoms with Crippen molar-refractivity contribution < 1.29 is 9.84 Å². The molecule has 2 heteroatoms. The predicted octanol–water partition coefficient (Wildman–Crippen LogP) is 2.88. The summed E-state index contributed by atoms with van der Waals surface area (Å²) < 4.78 is 5.71. The molecular weight excluding hydrogens is 188 g/mol. The molecule has 0 saturated carbocycles. The van der Waals surface area contributed by atoms with E-state index in [2.05, 4.69) is 6.07 Å². The molecule has 0 heterocycles. The van der Waals surface area contributed by atoms with Gasteiger partial charge in [0.2, 0.25) is 0 Å². The highest BCUT2D eigenvalue weighted by molar-refractivity contribution is 5.39. The molecule has 0 aliphatic carbocycles. The summed E-state index contributed by atoms with van der Waals surface area (Å²) in [6.07, 6.45) is 0.164. The summed E-state index contributed by atoms with van der Waals surface area (Å²) in [5, 5.41) is 9.18. The van der Waals surface area contributed by atoms with E-state index in [1.165, 1.54) is 5.56 Å². The van der Waals surface area contributed by atoms with Crippen LogP contribution < -0.4 is 4.74 Å². The number of hydrogen-bond donors (Lipinski definition) is 1. The van der Waals surface area contributed by atoms with Gasteiger partial charge >= 0.3 is 0 Å². The van der Waals surface area contributed by atoms with Crippen molar-refractivity contribution in [2.24, 2.45) is 0 Å². The van der Waals surface area contributed by atoms with Crippen molar-refractivity contribution in [3.8, 4) is 5.75 Å². The van der Waals surface area contributed by atoms with E-state index in [0.29, 0.717) is 0 Å². The summed E-state index contributed by atoms with van der Waals surface area (Å²) in [6, 6.07) is 6.10. The lowest BCUT2D eigenvalue weighted by molar-refractivity contribution is 0.231. The van der Waals surface area contributed by atoms with E-state index in [9.17, 15) is 5.11 Å². The molecule has 84 valence electrons. The molecule has 0 amide bonds. The maximum Gasteiger partial charge on any atom is 0.123 e. The fraction of sp³-hybridized carbons (Fsp3) is 0.538. The standard InChI is InChI=1S/C13H20O2/c1-9(2)15-13-6-5-10(3)7-12(13)11(4)8-14/h5-7,9,11,14H,8H2,1-4H3. The monoisotopic (exact) mass is 208 g/mol. The van der Waals surface area contributed by atoms with Crippen molar-refractivity contribution in [3.05, 3.63) is 29.3 Å². The number of aryl methyl sites for hydroxylation is 1. The van der Waals surface area contributed by atoms with Gasteiger partial charge in [-0.3, -0.25) is 0 Å². The number of benzene rings is 1. The van der Waals surface area contributed by atoms with E-state index in [-0.39, 0.29) is 18.6 Å². The Morgan fingerprint density at radius 2 is 1.93 bits per heavy atom. The summed E-state index contributed by atoms with van der Waals surface area (Å²) in [4.78, 5) is 0. The van der Waals surface area contributed by atoms with Crippen molar-refractivity contribution in [2.75, 3.05) is 6.61 Å². The maximum atomic E-state index is 9.18. The van der Waals surface area contributed by atoms with Crippen LogP contribution >= 0.6 is 0 Å². The lowest BCUT2D eigenvalue weighted by Crippen LogP contribution is -2.10. The first-order chi connectivity index (χ1) is 7.04. The van der Waals surface area contributed by atoms with Crippen LogP contribution in [0, 0.1) is 6.92 Å². The zero-order chi connectivity index (χ0) is 11.4. The fourth-order valence-corrected chi connectivity index (χ4v) is 1.51. The second-order valence-corrected chi connectivity index (χ2v) is 4.29. The third kappa shape index (κ3) is 3.24. The van der Waals surface area contributed by atoms with Crippen LogP contribution in [0.4, 0.5) is 0 Å². The molecule has 1 unspecified atom stereocenters. The van der Waals surface area contributed by atoms with Crippen LogP contribution in [0.2, 0.25) is 0 Å². The molecule has 2 nitrogen and oxygen atoms in total. The Morgan fingerprint density at radius 1 is 1.27 bits per heavy atom. The van der Waals surface area contributed by atoms with E-state index < -0.39 is 0 Å². The van der Waals surface area contributed by atoms with E-state index in [1.54, 1.807) is 0 Å². The minimum Gasteiger partial charge on any atom is -0.491 e. The van der Waals surface area contributed by atoms with Gasteiger partial charge in [0.05, 0.1) is 6.10 Å². The van der Waals surface area contributed by atoms with Gasteiger partial charge in [-0.05, 0) is 32.4 Å². The third-order valence-corrected chi connectivity index (χ3v) is 2.33. The Kier molecular flexibility index (Phi) is 4.15. The second-order valence-electron chi connectivity index (χ2n) is 4.29. The molecular formula is C13H20O2. The van der Waals surface area contributed by atoms with E-state index >= 15 is 0 Å². The van der Waals surface area contributed by atoms with Crippen LogP contribution in [-0.2, 0) is 0 Å². The molecule has 1 atom stereocenters. The highest BCUT2D eigenvalue weighted by atomic mass is 16.5. The SMILES string of the molecule is Cc1ccc(OC(C)C)c(C(C)CO)c1. The Morgan fingerprint density at radius 3 is 2.47 bits per heavy atom. The zero-order valence-corrected chi connectivity index (χ0v) is 9.95. The summed E-state index contributed by atoms with van der Waals surface area (Å²) in [6.45, 7) is 8.22. The quantitative estimate of drug-likeness (QED) is 0.824. The number of ether oxygens (including phenoxy) is 1. The number of rotatable bonds is 4. The molecule has 0 spiro atoms. The first-order valence-corrected chi connectivity index (χ1v) is 5.42. The lowest BCUT2D eigenvalue weighted by Gasteiger charge is -2.18. The molecule has 1 aromatic rings. The smallest absolute Gasteiger partial charge is 0.123 e. The van der Waals surface area contributed by atoms with Gasteiger partial charge in [0.25, 0.3) is 0 Å². The Balaban J connectivity index is 3.02. The normalized spacial score (nSPS) is 12.9. The molecule has 0 aromatic heterocycles. The van der Waals surface area contributed by atoms with Crippen LogP contribution in [0.1, 0.15) is 37.8 Å². The van der Waals surface area contributed by atoms with Crippen molar-refractivity contribution >= 4 is 0 Å². The van der Waals surface area contributed by atoms with Gasteiger partial charge in [-0.15, -0.1) is 0 Å². The molecule has 0 aliphatic rings. The minimum absolute atomic E-state index is 0.124. The summed E-state index contributed by atoms with van der Waals surface area (Å²) >= 11 is 0. The van der Waals surface area contributed by atoms with Gasteiger partial charge in [-0.1, -0.05) is 24.6 Å². The number of hydrogen-bond acceptors (Lipinski definition) is 2. The summed E-state index contributed by atoms with van der Waals surface area (Å²) in [5.74, 6) is 1.01. The molecule has 1 rings (SSSR count). The average molecular weight is 208 g/mol. The lowest BCUT2D eigenvalue weighted by atomic mass is 9.99. The topological polar surface area (TPSA) is 29.5 Å². The molecule has 0 fully saturated rings. The molecule has 15 heavy (non-hydrogen) atoms. The van der Waals surface area contributed by atoms with Crippen LogP contribution in [0.5, 0.6) is 5.75 Å². The minimum atomic E-state index is 0.124. The van der Waals surface area contributed by atoms with Gasteiger partial charge in [-0.25, -0.2) is 0 Å². The first kappa shape index (κ1) is 12.1. The number of aliphatic hydroxyl groups excluding tert-OH is 1. The van der Waals surface area contributed by atoms with Crippen molar-refractivity contribution in [3.63, 3.8) is 0 Å². The highest BCUT2D eigenvalue weighted by Gasteiger charge is 2.12. The fourth-order valence-electron chi connectivity index (χ4n) is 1.51. The average Bonchev–Trinajstić information content (AvgIpc) is 2.19. The molecule has 0 saturated heterocycles. The predicted molar refractivity (Wildman–Crippen MR) is 62.4 cm³/mol. The molecule has 1 N–H and O–H groups in total. The van der Waals surface area contributed by atoms with E-state index in [0.717, 1.165) is 11.3 Å². The van der Waals surface area contributed by atoms with Crippen LogP contribution in [0.25, 0.3) is 0 Å². The van der Waals surface area contributed by atoms with Gasteiger partial charge in [0.1, 0.15) is 5.75 Å². The molecule has 1 aromatic carbocycles. The number of aliphatic hydroxyl groups is 1. The Hall–Kier alpha value is -1.02. The molecule has 0 radical (unpaired) electrons. The van der Waals surface area contributed by atoms with Crippen molar-refractivity contribution in [1.82, 2.24) is 0 Å². The van der Waals surface area contributed by atoms with E-state index in [4.69, 9.17) is 4.74 Å². The molecule has 0 bridgehead atoms. The van der Waals surface area contributed by atoms with Crippen LogP contribution in [0.3, 0.4) is 0 Å². The summed E-state index contributed by atoms with van der Waals surface area (Å²) in [7, 11) is 0. The van der Waals surface area contributed by atoms with Gasteiger partial charge in [0, 0.05) is 12.5 Å². The van der Waals surface area contributed by atoms with E-state index in [1.807, 2.05) is 39.8 Å². The largest absolute Gasteiger partial charge is 0.491 e. The van der Waals surface area contributed by atoms with Gasteiger partial charge < -0.3 is 9.84 Å². The Labute approximate surface area is 91.9 Å². The maximum absolute atomic E-state index is 9.18. The second kappa shape index (κ2) is 5.17. The van der Waals surface area contributed by atoms with Gasteiger partial charge in [-0.2, -0.15) is 0 Å². The Bertz CT molecular complexity index is 318. The van der Waals surface area contributed by atoms with Crippen molar-refractivity contribution in [2.45, 2.75) is 39.7 Å². The third-order valence-electron chi connectivity index (χ3n) is 2.33. The van der Waals surface area contributed by atoms with Crippen molar-refractivity contribution in [1.29, 1.82) is 0 Å². The van der Waals surface area contributed by atoms with Crippen LogP contribution in [0.15, 0.2) is 18.2 Å².